The number of benzene rings is 2. The van der Waals surface area contributed by atoms with E-state index in [1.54, 1.807) is 11.8 Å². The maximum Gasteiger partial charge on any atom is 0.242 e. The molecule has 0 saturated carbocycles. The van der Waals surface area contributed by atoms with Crippen molar-refractivity contribution < 1.29 is 9.59 Å². The Labute approximate surface area is 182 Å². The number of halogens is 1. The Morgan fingerprint density at radius 2 is 1.69 bits per heavy atom. The Kier molecular flexibility index (Phi) is 8.45. The van der Waals surface area contributed by atoms with E-state index < -0.39 is 6.04 Å². The van der Waals surface area contributed by atoms with Gasteiger partial charge < -0.3 is 10.2 Å². The summed E-state index contributed by atoms with van der Waals surface area (Å²) in [5.74, 6) is 0.190. The number of hydrogen-bond donors (Lipinski definition) is 1. The molecule has 0 unspecified atom stereocenters. The molecule has 2 amide bonds. The summed E-state index contributed by atoms with van der Waals surface area (Å²) < 4.78 is 0.984. The smallest absolute Gasteiger partial charge is 0.242 e. The van der Waals surface area contributed by atoms with E-state index in [4.69, 9.17) is 0 Å². The van der Waals surface area contributed by atoms with Crippen LogP contribution in [0.3, 0.4) is 0 Å². The van der Waals surface area contributed by atoms with E-state index in [2.05, 4.69) is 41.2 Å². The summed E-state index contributed by atoms with van der Waals surface area (Å²) in [4.78, 5) is 27.6. The van der Waals surface area contributed by atoms with Crippen LogP contribution in [0.2, 0.25) is 0 Å². The minimum atomic E-state index is -0.546. The molecule has 2 rings (SSSR count). The maximum atomic E-state index is 13.3. The molecule has 0 spiro atoms. The number of aryl methyl sites for hydroxylation is 2. The lowest BCUT2D eigenvalue weighted by atomic mass is 10.0. The molecule has 2 aromatic rings. The van der Waals surface area contributed by atoms with Gasteiger partial charge in [0.1, 0.15) is 6.04 Å². The number of nitrogens with zero attached hydrogens (tertiary/aromatic N) is 1. The molecule has 0 bridgehead atoms. The molecule has 0 fully saturated rings. The van der Waals surface area contributed by atoms with Crippen molar-refractivity contribution in [3.05, 3.63) is 69.2 Å². The summed E-state index contributed by atoms with van der Waals surface area (Å²) in [5.41, 5.74) is 4.21. The van der Waals surface area contributed by atoms with Crippen LogP contribution in [-0.4, -0.2) is 29.3 Å². The first kappa shape index (κ1) is 23.1. The summed E-state index contributed by atoms with van der Waals surface area (Å²) in [7, 11) is 0. The van der Waals surface area contributed by atoms with Crippen LogP contribution in [-0.2, 0) is 22.6 Å². The summed E-state index contributed by atoms with van der Waals surface area (Å²) in [6, 6.07) is 13.4. The van der Waals surface area contributed by atoms with Crippen LogP contribution in [0.1, 0.15) is 43.0 Å². The highest BCUT2D eigenvalue weighted by Crippen LogP contribution is 2.17. The molecule has 0 aliphatic heterocycles. The zero-order valence-electron chi connectivity index (χ0n) is 18.0. The quantitative estimate of drug-likeness (QED) is 0.617. The van der Waals surface area contributed by atoms with E-state index in [1.807, 2.05) is 50.2 Å². The SMILES string of the molecule is Cc1ccc(C)c(CC(=O)N(Cc2ccc(Br)cc2)[C@H](C)C(=O)NCC(C)C)c1. The van der Waals surface area contributed by atoms with Gasteiger partial charge in [0.05, 0.1) is 6.42 Å². The monoisotopic (exact) mass is 458 g/mol. The van der Waals surface area contributed by atoms with E-state index >= 15 is 0 Å². The molecule has 1 atom stereocenters. The first-order valence-corrected chi connectivity index (χ1v) is 10.8. The molecule has 5 heteroatoms. The van der Waals surface area contributed by atoms with Gasteiger partial charge in [-0.3, -0.25) is 9.59 Å². The van der Waals surface area contributed by atoms with Crippen molar-refractivity contribution in [3.63, 3.8) is 0 Å². The predicted octanol–water partition coefficient (Wildman–Crippen LogP) is 4.80. The fraction of sp³-hybridized carbons (Fsp3) is 0.417. The summed E-state index contributed by atoms with van der Waals surface area (Å²) in [6.07, 6.45) is 0.284. The van der Waals surface area contributed by atoms with Crippen molar-refractivity contribution >= 4 is 27.7 Å². The van der Waals surface area contributed by atoms with Crippen molar-refractivity contribution in [2.45, 2.75) is 53.6 Å². The largest absolute Gasteiger partial charge is 0.354 e. The molecule has 0 saturated heterocycles. The van der Waals surface area contributed by atoms with Crippen LogP contribution in [0.5, 0.6) is 0 Å². The van der Waals surface area contributed by atoms with E-state index in [1.165, 1.54) is 0 Å². The van der Waals surface area contributed by atoms with E-state index in [9.17, 15) is 9.59 Å². The molecule has 0 aliphatic rings. The Bertz CT molecular complexity index is 846. The van der Waals surface area contributed by atoms with E-state index in [0.29, 0.717) is 19.0 Å². The van der Waals surface area contributed by atoms with Gasteiger partial charge in [-0.2, -0.15) is 0 Å². The van der Waals surface area contributed by atoms with Crippen molar-refractivity contribution in [1.82, 2.24) is 10.2 Å². The number of hydrogen-bond acceptors (Lipinski definition) is 2. The fourth-order valence-electron chi connectivity index (χ4n) is 3.08. The number of carbonyl (C=O) groups excluding carboxylic acids is 2. The molecule has 1 N–H and O–H groups in total. The molecule has 29 heavy (non-hydrogen) atoms. The van der Waals surface area contributed by atoms with E-state index in [-0.39, 0.29) is 18.2 Å². The lowest BCUT2D eigenvalue weighted by Crippen LogP contribution is -2.48. The number of amides is 2. The number of nitrogens with one attached hydrogen (secondary N) is 1. The molecular formula is C24H31BrN2O2. The van der Waals surface area contributed by atoms with Crippen LogP contribution in [0, 0.1) is 19.8 Å². The minimum Gasteiger partial charge on any atom is -0.354 e. The van der Waals surface area contributed by atoms with Crippen molar-refractivity contribution in [2.24, 2.45) is 5.92 Å². The highest BCUT2D eigenvalue weighted by Gasteiger charge is 2.26. The predicted molar refractivity (Wildman–Crippen MR) is 122 cm³/mol. The molecular weight excluding hydrogens is 428 g/mol. The first-order chi connectivity index (χ1) is 13.7. The highest BCUT2D eigenvalue weighted by molar-refractivity contribution is 9.10. The molecule has 156 valence electrons. The van der Waals surface area contributed by atoms with Gasteiger partial charge in [0, 0.05) is 17.6 Å². The third-order valence-electron chi connectivity index (χ3n) is 4.96. The van der Waals surface area contributed by atoms with Gasteiger partial charge in [0.15, 0.2) is 0 Å². The van der Waals surface area contributed by atoms with Crippen LogP contribution in [0.4, 0.5) is 0 Å². The van der Waals surface area contributed by atoms with Gasteiger partial charge in [0.25, 0.3) is 0 Å². The average molecular weight is 459 g/mol. The maximum absolute atomic E-state index is 13.3. The third kappa shape index (κ3) is 7.00. The lowest BCUT2D eigenvalue weighted by Gasteiger charge is -2.29. The molecule has 0 heterocycles. The second-order valence-electron chi connectivity index (χ2n) is 8.07. The average Bonchev–Trinajstić information content (AvgIpc) is 2.67. The van der Waals surface area contributed by atoms with Crippen molar-refractivity contribution in [3.8, 4) is 0 Å². The Balaban J connectivity index is 2.24. The zero-order valence-corrected chi connectivity index (χ0v) is 19.5. The molecule has 0 aliphatic carbocycles. The van der Waals surface area contributed by atoms with Gasteiger partial charge in [-0.05, 0) is 55.5 Å². The van der Waals surface area contributed by atoms with Crippen LogP contribution >= 0.6 is 15.9 Å². The Hall–Kier alpha value is -2.14. The molecule has 4 nitrogen and oxygen atoms in total. The van der Waals surface area contributed by atoms with Crippen LogP contribution in [0.25, 0.3) is 0 Å². The molecule has 2 aromatic carbocycles. The summed E-state index contributed by atoms with van der Waals surface area (Å²) in [5, 5.41) is 2.96. The lowest BCUT2D eigenvalue weighted by molar-refractivity contribution is -0.140. The number of carbonyl (C=O) groups is 2. The summed E-state index contributed by atoms with van der Waals surface area (Å²) in [6.45, 7) is 10.9. The van der Waals surface area contributed by atoms with Crippen molar-refractivity contribution in [2.75, 3.05) is 6.54 Å². The van der Waals surface area contributed by atoms with Crippen molar-refractivity contribution in [1.29, 1.82) is 0 Å². The highest BCUT2D eigenvalue weighted by atomic mass is 79.9. The normalized spacial score (nSPS) is 12.0. The van der Waals surface area contributed by atoms with Gasteiger partial charge in [-0.15, -0.1) is 0 Å². The standard InChI is InChI=1S/C24H31BrN2O2/c1-16(2)14-26-24(29)19(5)27(15-20-8-10-22(25)11-9-20)23(28)13-21-12-17(3)6-7-18(21)4/h6-12,16,19H,13-15H2,1-5H3,(H,26,29)/t19-/m1/s1. The summed E-state index contributed by atoms with van der Waals surface area (Å²) >= 11 is 3.44. The van der Waals surface area contributed by atoms with E-state index in [0.717, 1.165) is 26.7 Å². The van der Waals surface area contributed by atoms with Crippen LogP contribution in [0.15, 0.2) is 46.9 Å². The zero-order chi connectivity index (χ0) is 21.6. The second-order valence-corrected chi connectivity index (χ2v) is 8.99. The minimum absolute atomic E-state index is 0.0474. The fourth-order valence-corrected chi connectivity index (χ4v) is 3.34. The second kappa shape index (κ2) is 10.6. The van der Waals surface area contributed by atoms with Gasteiger partial charge >= 0.3 is 0 Å². The van der Waals surface area contributed by atoms with Gasteiger partial charge in [-0.1, -0.05) is 65.7 Å². The Morgan fingerprint density at radius 1 is 1.03 bits per heavy atom. The molecule has 0 aromatic heterocycles. The number of rotatable bonds is 8. The third-order valence-corrected chi connectivity index (χ3v) is 5.49. The Morgan fingerprint density at radius 3 is 2.31 bits per heavy atom. The molecule has 0 radical (unpaired) electrons. The first-order valence-electron chi connectivity index (χ1n) is 10.0. The topological polar surface area (TPSA) is 49.4 Å². The van der Waals surface area contributed by atoms with Gasteiger partial charge in [-0.25, -0.2) is 0 Å². The van der Waals surface area contributed by atoms with Crippen LogP contribution < -0.4 is 5.32 Å². The van der Waals surface area contributed by atoms with Gasteiger partial charge in [0.2, 0.25) is 11.8 Å².